The molecule has 21 nitrogen and oxygen atoms in total. The SMILES string of the molecule is CC.CNCCCCCCNC(=O)COc1cccc(CCCc2ccc(OC)c(OC)c2)c1.COc1cc(CC(=O)N2CCCCC2C(=O)O)cc(OC)c1OC.O=CCOc1cccc2c1C(=O)N(C1CCC(=O)NC1=O)C2=O. The number of aldehydes is 1. The van der Waals surface area contributed by atoms with Crippen LogP contribution in [0.3, 0.4) is 0 Å². The van der Waals surface area contributed by atoms with Gasteiger partial charge in [-0.3, -0.25) is 43.8 Å². The van der Waals surface area contributed by atoms with E-state index in [0.717, 1.165) is 73.6 Å². The lowest BCUT2D eigenvalue weighted by molar-refractivity contribution is -0.151. The quantitative estimate of drug-likeness (QED) is 0.0294. The highest BCUT2D eigenvalue weighted by molar-refractivity contribution is 6.24. The molecule has 0 aromatic heterocycles. The van der Waals surface area contributed by atoms with Gasteiger partial charge in [-0.25, -0.2) is 4.79 Å². The molecular weight excluding hydrogens is 1050 g/mol. The Morgan fingerprint density at radius 3 is 1.98 bits per heavy atom. The van der Waals surface area contributed by atoms with Crippen molar-refractivity contribution in [2.45, 2.75) is 109 Å². The minimum atomic E-state index is -1.03. The zero-order valence-electron chi connectivity index (χ0n) is 47.9. The van der Waals surface area contributed by atoms with E-state index in [2.05, 4.69) is 28.1 Å². The lowest BCUT2D eigenvalue weighted by Gasteiger charge is -2.33. The third-order valence-electron chi connectivity index (χ3n) is 13.2. The molecule has 2 saturated heterocycles. The Kier molecular flexibility index (Phi) is 28.0. The van der Waals surface area contributed by atoms with Crippen molar-refractivity contribution in [3.8, 4) is 40.2 Å². The number of aliphatic carboxylic acids is 1. The van der Waals surface area contributed by atoms with E-state index in [1.165, 1.54) is 68.4 Å². The topological polar surface area (TPSA) is 264 Å². The largest absolute Gasteiger partial charge is 0.493 e. The van der Waals surface area contributed by atoms with Crippen molar-refractivity contribution in [3.63, 3.8) is 0 Å². The first-order valence-corrected chi connectivity index (χ1v) is 27.3. The summed E-state index contributed by atoms with van der Waals surface area (Å²) >= 11 is 0. The van der Waals surface area contributed by atoms with Gasteiger partial charge in [0.2, 0.25) is 23.5 Å². The highest BCUT2D eigenvalue weighted by Crippen LogP contribution is 2.39. The number of carbonyl (C=O) groups excluding carboxylic acids is 7. The molecule has 6 amide bonds. The zero-order valence-corrected chi connectivity index (χ0v) is 47.9. The number of nitrogens with zero attached hydrogens (tertiary/aromatic N) is 2. The summed E-state index contributed by atoms with van der Waals surface area (Å²) in [6, 6.07) is 20.1. The predicted molar refractivity (Wildman–Crippen MR) is 302 cm³/mol. The summed E-state index contributed by atoms with van der Waals surface area (Å²) in [6.45, 7) is 6.03. The number of methoxy groups -OCH3 is 5. The number of piperidine rings is 2. The maximum Gasteiger partial charge on any atom is 0.326 e. The number of unbranched alkanes of at least 4 members (excludes halogenated alkanes) is 3. The van der Waals surface area contributed by atoms with Crippen LogP contribution in [0.1, 0.15) is 115 Å². The van der Waals surface area contributed by atoms with E-state index in [9.17, 15) is 43.5 Å². The van der Waals surface area contributed by atoms with Gasteiger partial charge in [0, 0.05) is 19.5 Å². The van der Waals surface area contributed by atoms with Crippen molar-refractivity contribution < 1.29 is 76.6 Å². The second kappa shape index (κ2) is 34.7. The van der Waals surface area contributed by atoms with Crippen LogP contribution in [-0.4, -0.2) is 150 Å². The minimum Gasteiger partial charge on any atom is -0.493 e. The molecule has 0 saturated carbocycles. The van der Waals surface area contributed by atoms with E-state index in [0.29, 0.717) is 48.6 Å². The number of ether oxygens (including phenoxy) is 7. The lowest BCUT2D eigenvalue weighted by atomic mass is 10.0. The van der Waals surface area contributed by atoms with E-state index in [4.69, 9.17) is 33.2 Å². The Labute approximate surface area is 474 Å². The summed E-state index contributed by atoms with van der Waals surface area (Å²) in [7, 11) is 9.79. The summed E-state index contributed by atoms with van der Waals surface area (Å²) in [6.07, 6.45) is 10.3. The smallest absolute Gasteiger partial charge is 0.326 e. The van der Waals surface area contributed by atoms with Crippen LogP contribution in [0.2, 0.25) is 0 Å². The molecule has 4 N–H and O–H groups in total. The van der Waals surface area contributed by atoms with Gasteiger partial charge in [0.25, 0.3) is 17.7 Å². The molecule has 3 aliphatic rings. The van der Waals surface area contributed by atoms with Gasteiger partial charge < -0.3 is 53.8 Å². The van der Waals surface area contributed by atoms with Gasteiger partial charge in [0.15, 0.2) is 35.9 Å². The van der Waals surface area contributed by atoms with Crippen molar-refractivity contribution in [1.29, 1.82) is 0 Å². The molecule has 2 atom stereocenters. The van der Waals surface area contributed by atoms with Gasteiger partial charge in [0.1, 0.15) is 30.2 Å². The molecule has 81 heavy (non-hydrogen) atoms. The first-order chi connectivity index (χ1) is 39.2. The van der Waals surface area contributed by atoms with E-state index >= 15 is 0 Å². The van der Waals surface area contributed by atoms with Crippen LogP contribution in [0.5, 0.6) is 40.2 Å². The Bertz CT molecular complexity index is 2730. The Morgan fingerprint density at radius 1 is 0.691 bits per heavy atom. The Hall–Kier alpha value is -8.20. The van der Waals surface area contributed by atoms with E-state index in [-0.39, 0.29) is 61.2 Å². The highest BCUT2D eigenvalue weighted by atomic mass is 16.5. The number of benzene rings is 4. The highest BCUT2D eigenvalue weighted by Gasteiger charge is 2.46. The van der Waals surface area contributed by atoms with Crippen LogP contribution in [0.15, 0.2) is 72.8 Å². The molecule has 0 radical (unpaired) electrons. The summed E-state index contributed by atoms with van der Waals surface area (Å²) in [5.41, 5.74) is 3.25. The van der Waals surface area contributed by atoms with Gasteiger partial charge in [-0.05, 0) is 137 Å². The number of hydrogen-bond donors (Lipinski definition) is 4. The standard InChI is InChI=1S/C26H38N2O4.C17H23NO6.C15H12N2O6.C2H6/c1-27-16-6-4-5-7-17-28-26(29)20-32-23-13-9-12-21(18-23)10-8-11-22-14-15-24(30-2)25(19-22)31-3;1-22-13-8-11(9-14(23-2)16(13)24-3)10-15(19)18-7-5-4-6-12(18)17(20)21;18-6-7-23-10-3-1-2-8-12(10)15(22)17(14(8)21)9-4-5-11(19)16-13(9)20;1-2/h9,12-15,18-19,27H,4-8,10-11,16-17,20H2,1-3H3,(H,28,29);8-9,12H,4-7,10H2,1-3H3,(H,20,21);1-3,6,9H,4-5,7H2,(H,16,19,20);1-2H3. The van der Waals surface area contributed by atoms with E-state index in [1.54, 1.807) is 26.4 Å². The average molecular weight is 1130 g/mol. The maximum absolute atomic E-state index is 12.6. The molecule has 7 rings (SSSR count). The Balaban J connectivity index is 0.000000261. The average Bonchev–Trinajstić information content (AvgIpc) is 3.90. The van der Waals surface area contributed by atoms with Crippen molar-refractivity contribution in [3.05, 3.63) is 101 Å². The first-order valence-electron chi connectivity index (χ1n) is 27.3. The van der Waals surface area contributed by atoms with E-state index in [1.807, 2.05) is 51.2 Å². The fraction of sp³-hybridized carbons (Fsp3) is 0.467. The molecule has 0 aliphatic carbocycles. The van der Waals surface area contributed by atoms with Crippen LogP contribution in [0.4, 0.5) is 0 Å². The number of likely N-dealkylation sites (tertiary alicyclic amines) is 1. The van der Waals surface area contributed by atoms with Crippen molar-refractivity contribution in [1.82, 2.24) is 25.8 Å². The summed E-state index contributed by atoms with van der Waals surface area (Å²) in [5.74, 6) is 0.115. The fourth-order valence-corrected chi connectivity index (χ4v) is 9.26. The molecule has 4 aromatic carbocycles. The predicted octanol–water partition coefficient (Wildman–Crippen LogP) is 6.57. The normalized spacial score (nSPS) is 15.2. The lowest BCUT2D eigenvalue weighted by Crippen LogP contribution is -2.54. The van der Waals surface area contributed by atoms with Crippen molar-refractivity contribution in [2.24, 2.45) is 0 Å². The third-order valence-corrected chi connectivity index (χ3v) is 13.2. The van der Waals surface area contributed by atoms with E-state index < -0.39 is 41.7 Å². The number of hydrogen-bond acceptors (Lipinski definition) is 16. The maximum atomic E-state index is 12.6. The van der Waals surface area contributed by atoms with Crippen molar-refractivity contribution >= 4 is 47.7 Å². The number of nitrogens with one attached hydrogen (secondary N) is 3. The van der Waals surface area contributed by atoms with Gasteiger partial charge in [0.05, 0.1) is 53.1 Å². The number of fused-ring (bicyclic) bond motifs is 1. The summed E-state index contributed by atoms with van der Waals surface area (Å²) < 4.78 is 37.4. The number of carboxylic acid groups (broad SMARTS) is 1. The van der Waals surface area contributed by atoms with Crippen LogP contribution in [-0.2, 0) is 48.0 Å². The Morgan fingerprint density at radius 2 is 1.35 bits per heavy atom. The number of rotatable bonds is 26. The van der Waals surface area contributed by atoms with Crippen LogP contribution >= 0.6 is 0 Å². The van der Waals surface area contributed by atoms with Gasteiger partial charge in [-0.2, -0.15) is 0 Å². The summed E-state index contributed by atoms with van der Waals surface area (Å²) in [5, 5.41) is 17.5. The molecule has 21 heteroatoms. The van der Waals surface area contributed by atoms with Gasteiger partial charge in [-0.15, -0.1) is 0 Å². The number of amides is 6. The third kappa shape index (κ3) is 19.3. The molecular formula is C60H79N5O16. The molecule has 0 spiro atoms. The van der Waals surface area contributed by atoms with Gasteiger partial charge >= 0.3 is 5.97 Å². The van der Waals surface area contributed by atoms with Crippen LogP contribution in [0, 0.1) is 0 Å². The molecule has 4 aromatic rings. The van der Waals surface area contributed by atoms with Crippen LogP contribution in [0.25, 0.3) is 0 Å². The number of aryl methyl sites for hydroxylation is 2. The monoisotopic (exact) mass is 1130 g/mol. The molecule has 0 bridgehead atoms. The number of carbonyl (C=O) groups is 8. The molecule has 3 heterocycles. The number of imide groups is 2. The molecule has 3 aliphatic heterocycles. The second-order valence-electron chi connectivity index (χ2n) is 18.6. The zero-order chi connectivity index (χ0) is 59.3. The molecule has 2 unspecified atom stereocenters. The minimum absolute atomic E-state index is 0.0315. The second-order valence-corrected chi connectivity index (χ2v) is 18.6. The van der Waals surface area contributed by atoms with Crippen molar-refractivity contribution in [2.75, 3.05) is 75.4 Å². The fourth-order valence-electron chi connectivity index (χ4n) is 9.26. The van der Waals surface area contributed by atoms with Crippen LogP contribution < -0.4 is 49.1 Å². The van der Waals surface area contributed by atoms with Gasteiger partial charge in [-0.1, -0.05) is 51.0 Å². The molecule has 440 valence electrons. The number of carboxylic acids is 1. The summed E-state index contributed by atoms with van der Waals surface area (Å²) in [4.78, 5) is 96.9. The molecule has 2 fully saturated rings. The first kappa shape index (κ1) is 65.3.